The Kier molecular flexibility index (Phi) is 7.26. The van der Waals surface area contributed by atoms with Crippen molar-refractivity contribution in [3.05, 3.63) is 12.2 Å². The molecule has 0 aromatic heterocycles. The lowest BCUT2D eigenvalue weighted by atomic mass is 10.1. The Hall–Kier alpha value is -2.43. The molecule has 3 rings (SSSR count). The summed E-state index contributed by atoms with van der Waals surface area (Å²) < 4.78 is 26.8. The second-order valence-electron chi connectivity index (χ2n) is 9.04. The number of urea groups is 1. The number of nitrogens with zero attached hydrogens (tertiary/aromatic N) is 1. The predicted molar refractivity (Wildman–Crippen MR) is 117 cm³/mol. The van der Waals surface area contributed by atoms with Gasteiger partial charge < -0.3 is 20.3 Å². The summed E-state index contributed by atoms with van der Waals surface area (Å²) in [5, 5.41) is 4.79. The fourth-order valence-electron chi connectivity index (χ4n) is 3.82. The number of rotatable bonds is 6. The molecule has 0 radical (unpaired) electrons. The molecule has 0 aromatic rings. The van der Waals surface area contributed by atoms with Crippen LogP contribution in [0.25, 0.3) is 0 Å². The van der Waals surface area contributed by atoms with E-state index in [-0.39, 0.29) is 31.0 Å². The first kappa shape index (κ1) is 24.2. The molecule has 1 aliphatic heterocycles. The van der Waals surface area contributed by atoms with Gasteiger partial charge in [-0.3, -0.25) is 14.3 Å². The van der Waals surface area contributed by atoms with Gasteiger partial charge in [0.15, 0.2) is 0 Å². The van der Waals surface area contributed by atoms with E-state index >= 15 is 0 Å². The summed E-state index contributed by atoms with van der Waals surface area (Å²) in [6.07, 6.45) is 7.61. The number of hydrogen-bond donors (Lipinski definition) is 3. The number of hydrogen-bond acceptors (Lipinski definition) is 6. The molecular formula is C21H32N4O6S. The molecule has 2 saturated carbocycles. The van der Waals surface area contributed by atoms with Crippen molar-refractivity contribution in [2.75, 3.05) is 13.6 Å². The number of carbonyl (C=O) groups is 4. The summed E-state index contributed by atoms with van der Waals surface area (Å²) in [4.78, 5) is 51.6. The monoisotopic (exact) mass is 468 g/mol. The van der Waals surface area contributed by atoms with Crippen LogP contribution < -0.4 is 15.4 Å². The van der Waals surface area contributed by atoms with Gasteiger partial charge in [-0.25, -0.2) is 13.2 Å². The van der Waals surface area contributed by atoms with Crippen molar-refractivity contribution in [1.82, 2.24) is 20.3 Å². The van der Waals surface area contributed by atoms with E-state index < -0.39 is 44.7 Å². The first-order chi connectivity index (χ1) is 15.0. The van der Waals surface area contributed by atoms with Crippen LogP contribution in [0.3, 0.4) is 0 Å². The average molecular weight is 469 g/mol. The van der Waals surface area contributed by atoms with Gasteiger partial charge in [0.25, 0.3) is 5.91 Å². The molecular weight excluding hydrogens is 436 g/mol. The molecule has 2 fully saturated rings. The minimum Gasteiger partial charge on any atom is -0.339 e. The normalized spacial score (nSPS) is 29.2. The molecule has 3 unspecified atom stereocenters. The molecule has 4 amide bonds. The number of fused-ring (bicyclic) bond motifs is 1. The van der Waals surface area contributed by atoms with Crippen molar-refractivity contribution >= 4 is 33.7 Å². The van der Waals surface area contributed by atoms with E-state index in [1.807, 2.05) is 12.2 Å². The van der Waals surface area contributed by atoms with Crippen molar-refractivity contribution in [2.45, 2.75) is 75.1 Å². The van der Waals surface area contributed by atoms with Gasteiger partial charge in [-0.05, 0) is 51.9 Å². The van der Waals surface area contributed by atoms with E-state index in [4.69, 9.17) is 0 Å². The maximum atomic E-state index is 13.1. The third-order valence-corrected chi connectivity index (χ3v) is 8.01. The van der Waals surface area contributed by atoms with Gasteiger partial charge in [-0.1, -0.05) is 12.2 Å². The summed E-state index contributed by atoms with van der Waals surface area (Å²) in [6.45, 7) is 1.92. The first-order valence-corrected chi connectivity index (χ1v) is 12.7. The van der Waals surface area contributed by atoms with Crippen LogP contribution in [0.4, 0.5) is 4.79 Å². The van der Waals surface area contributed by atoms with E-state index in [0.29, 0.717) is 19.4 Å². The lowest BCUT2D eigenvalue weighted by molar-refractivity contribution is -0.130. The zero-order chi connectivity index (χ0) is 23.5. The van der Waals surface area contributed by atoms with Crippen LogP contribution in [-0.4, -0.2) is 67.4 Å². The number of sulfonamides is 1. The highest BCUT2D eigenvalue weighted by Crippen LogP contribution is 2.45. The van der Waals surface area contributed by atoms with Crippen molar-refractivity contribution in [2.24, 2.45) is 5.92 Å². The zero-order valence-electron chi connectivity index (χ0n) is 18.6. The molecule has 3 aliphatic rings. The molecule has 1 heterocycles. The number of allylic oxidation sites excluding steroid dienone is 1. The molecule has 0 saturated heterocycles. The van der Waals surface area contributed by atoms with E-state index in [2.05, 4.69) is 15.4 Å². The maximum Gasteiger partial charge on any atom is 0.317 e. The second kappa shape index (κ2) is 9.60. The van der Waals surface area contributed by atoms with Crippen LogP contribution in [0.5, 0.6) is 0 Å². The lowest BCUT2D eigenvalue weighted by Gasteiger charge is -2.26. The molecule has 11 heteroatoms. The Morgan fingerprint density at radius 1 is 1.25 bits per heavy atom. The third kappa shape index (κ3) is 5.87. The number of amides is 4. The number of carbonyl (C=O) groups excluding carboxylic acids is 4. The summed E-state index contributed by atoms with van der Waals surface area (Å²) >= 11 is 0. The van der Waals surface area contributed by atoms with Crippen LogP contribution in [0.1, 0.15) is 58.3 Å². The Morgan fingerprint density at radius 3 is 2.62 bits per heavy atom. The highest BCUT2D eigenvalue weighted by Gasteiger charge is 2.61. The molecule has 10 nitrogen and oxygen atoms in total. The summed E-state index contributed by atoms with van der Waals surface area (Å²) in [5.74, 6) is -1.83. The average Bonchev–Trinajstić information content (AvgIpc) is 3.61. The standard InChI is InChI=1S/C21H32N4O6S/c1-14(26)8-11-17-18(27)23-21(19(28)24-32(30,31)16-9-10-16)13-15(21)7-5-3-4-6-12-25(2)20(29)22-17/h5,7,15-17H,3-4,6,8-13H2,1-2H3,(H,22,29)(H,23,27)(H,24,28). The number of nitrogens with one attached hydrogen (secondary N) is 3. The molecule has 2 aliphatic carbocycles. The highest BCUT2D eigenvalue weighted by molar-refractivity contribution is 7.91. The smallest absolute Gasteiger partial charge is 0.317 e. The van der Waals surface area contributed by atoms with Crippen molar-refractivity contribution in [3.63, 3.8) is 0 Å². The Balaban J connectivity index is 1.83. The van der Waals surface area contributed by atoms with Crippen LogP contribution in [0, 0.1) is 5.92 Å². The first-order valence-electron chi connectivity index (χ1n) is 11.1. The van der Waals surface area contributed by atoms with E-state index in [1.165, 1.54) is 11.8 Å². The molecule has 0 bridgehead atoms. The highest BCUT2D eigenvalue weighted by atomic mass is 32.2. The van der Waals surface area contributed by atoms with Crippen molar-refractivity contribution in [3.8, 4) is 0 Å². The molecule has 0 aromatic carbocycles. The van der Waals surface area contributed by atoms with Gasteiger partial charge in [-0.2, -0.15) is 0 Å². The lowest BCUT2D eigenvalue weighted by Crippen LogP contribution is -2.58. The summed E-state index contributed by atoms with van der Waals surface area (Å²) in [7, 11) is -2.14. The topological polar surface area (TPSA) is 142 Å². The van der Waals surface area contributed by atoms with Gasteiger partial charge in [-0.15, -0.1) is 0 Å². The minimum atomic E-state index is -3.77. The Bertz CT molecular complexity index is 913. The largest absolute Gasteiger partial charge is 0.339 e. The minimum absolute atomic E-state index is 0.0827. The Morgan fingerprint density at radius 2 is 1.97 bits per heavy atom. The second-order valence-corrected chi connectivity index (χ2v) is 11.0. The van der Waals surface area contributed by atoms with Crippen molar-refractivity contribution in [1.29, 1.82) is 0 Å². The predicted octanol–water partition coefficient (Wildman–Crippen LogP) is 0.589. The molecule has 178 valence electrons. The van der Waals surface area contributed by atoms with Crippen LogP contribution in [0.15, 0.2) is 12.2 Å². The van der Waals surface area contributed by atoms with Gasteiger partial charge >= 0.3 is 6.03 Å². The van der Waals surface area contributed by atoms with Gasteiger partial charge in [0, 0.05) is 25.9 Å². The van der Waals surface area contributed by atoms with Crippen LogP contribution >= 0.6 is 0 Å². The summed E-state index contributed by atoms with van der Waals surface area (Å²) in [6, 6.07) is -1.46. The number of ketones is 1. The van der Waals surface area contributed by atoms with E-state index in [1.54, 1.807) is 7.05 Å². The number of Topliss-reactive ketones (excluding diaryl/α,β-unsaturated/α-hetero) is 1. The third-order valence-electron chi connectivity index (χ3n) is 6.19. The quantitative estimate of drug-likeness (QED) is 0.487. The van der Waals surface area contributed by atoms with Crippen LogP contribution in [-0.2, 0) is 24.4 Å². The SMILES string of the molecule is CC(=O)CCC1NC(=O)N(C)CCCCC=CC2CC2(C(=O)NS(=O)(=O)C2CC2)NC1=O. The van der Waals surface area contributed by atoms with Gasteiger partial charge in [0.05, 0.1) is 5.25 Å². The van der Waals surface area contributed by atoms with Gasteiger partial charge in [0.1, 0.15) is 17.4 Å². The molecule has 3 N–H and O–H groups in total. The van der Waals surface area contributed by atoms with E-state index in [9.17, 15) is 27.6 Å². The maximum absolute atomic E-state index is 13.1. The van der Waals surface area contributed by atoms with Crippen molar-refractivity contribution < 1.29 is 27.6 Å². The Labute approximate surface area is 188 Å². The van der Waals surface area contributed by atoms with Crippen LogP contribution in [0.2, 0.25) is 0 Å². The molecule has 0 spiro atoms. The fourth-order valence-corrected chi connectivity index (χ4v) is 5.18. The van der Waals surface area contributed by atoms with E-state index in [0.717, 1.165) is 19.3 Å². The molecule has 32 heavy (non-hydrogen) atoms. The summed E-state index contributed by atoms with van der Waals surface area (Å²) in [5.41, 5.74) is -1.38. The fraction of sp³-hybridized carbons (Fsp3) is 0.714. The molecule has 3 atom stereocenters. The van der Waals surface area contributed by atoms with Gasteiger partial charge in [0.2, 0.25) is 15.9 Å². The zero-order valence-corrected chi connectivity index (χ0v) is 19.4.